The van der Waals surface area contributed by atoms with Crippen LogP contribution in [0.15, 0.2) is 58.0 Å². The number of furan rings is 1. The number of rotatable bonds is 8. The molecule has 0 bridgehead atoms. The molecule has 2 N–H and O–H groups in total. The summed E-state index contributed by atoms with van der Waals surface area (Å²) in [6.07, 6.45) is 1.25. The third-order valence-electron chi connectivity index (χ3n) is 4.83. The van der Waals surface area contributed by atoms with Crippen LogP contribution < -0.4 is 10.7 Å². The fraction of sp³-hybridized carbons (Fsp3) is 0.174. The molecular formula is C23H19Cl3N4O5. The average molecular weight is 538 g/mol. The molecule has 0 saturated carbocycles. The van der Waals surface area contributed by atoms with Crippen LogP contribution in [0.1, 0.15) is 30.0 Å². The number of amides is 2. The summed E-state index contributed by atoms with van der Waals surface area (Å²) in [5.74, 6) is -0.789. The number of non-ortho nitro benzene ring substituents is 1. The Kier molecular flexibility index (Phi) is 8.50. The first kappa shape index (κ1) is 26.2. The molecule has 2 aromatic carbocycles. The zero-order chi connectivity index (χ0) is 25.7. The van der Waals surface area contributed by atoms with Gasteiger partial charge >= 0.3 is 0 Å². The number of hydrazone groups is 1. The summed E-state index contributed by atoms with van der Waals surface area (Å²) in [5.41, 5.74) is 2.75. The van der Waals surface area contributed by atoms with E-state index in [1.54, 1.807) is 26.0 Å². The highest BCUT2D eigenvalue weighted by atomic mass is 35.5. The first-order valence-corrected chi connectivity index (χ1v) is 11.3. The lowest BCUT2D eigenvalue weighted by atomic mass is 10.0. The van der Waals surface area contributed by atoms with Gasteiger partial charge in [-0.3, -0.25) is 19.7 Å². The fourth-order valence-electron chi connectivity index (χ4n) is 3.04. The maximum absolute atomic E-state index is 12.6. The second-order valence-corrected chi connectivity index (χ2v) is 8.93. The molecule has 1 atom stereocenters. The average Bonchev–Trinajstić information content (AvgIpc) is 3.25. The topological polar surface area (TPSA) is 127 Å². The number of carbonyl (C=O) groups is 2. The number of hydrogen-bond acceptors (Lipinski definition) is 6. The van der Waals surface area contributed by atoms with Gasteiger partial charge in [0, 0.05) is 22.7 Å². The molecule has 1 heterocycles. The van der Waals surface area contributed by atoms with Crippen LogP contribution in [0.5, 0.6) is 0 Å². The maximum atomic E-state index is 12.6. The van der Waals surface area contributed by atoms with Crippen LogP contribution in [0, 0.1) is 16.0 Å². The van der Waals surface area contributed by atoms with Crippen molar-refractivity contribution < 1.29 is 18.9 Å². The van der Waals surface area contributed by atoms with Crippen molar-refractivity contribution in [1.29, 1.82) is 0 Å². The number of nitrogens with zero attached hydrogens (tertiary/aromatic N) is 2. The van der Waals surface area contributed by atoms with Crippen LogP contribution >= 0.6 is 34.8 Å². The van der Waals surface area contributed by atoms with Gasteiger partial charge in [0.2, 0.25) is 0 Å². The molecule has 0 aliphatic carbocycles. The lowest BCUT2D eigenvalue weighted by Crippen LogP contribution is -2.48. The van der Waals surface area contributed by atoms with Crippen LogP contribution in [0.4, 0.5) is 5.69 Å². The van der Waals surface area contributed by atoms with Gasteiger partial charge in [0.1, 0.15) is 17.6 Å². The first-order chi connectivity index (χ1) is 16.6. The second-order valence-electron chi connectivity index (χ2n) is 7.68. The predicted octanol–water partition coefficient (Wildman–Crippen LogP) is 5.72. The largest absolute Gasteiger partial charge is 0.455 e. The normalized spacial score (nSPS) is 12.1. The SMILES string of the molecule is CC(C)C(NC(=O)c1ccc(Cl)cc1Cl)C(=O)N/N=C/c1ccc(-c2cc([N+](=O)[O-])ccc2Cl)o1. The van der Waals surface area contributed by atoms with E-state index in [1.165, 1.54) is 42.6 Å². The number of carbonyl (C=O) groups excluding carboxylic acids is 2. The van der Waals surface area contributed by atoms with Gasteiger partial charge in [-0.25, -0.2) is 5.43 Å². The van der Waals surface area contributed by atoms with Crippen molar-refractivity contribution in [3.8, 4) is 11.3 Å². The zero-order valence-electron chi connectivity index (χ0n) is 18.4. The van der Waals surface area contributed by atoms with E-state index < -0.39 is 22.8 Å². The van der Waals surface area contributed by atoms with E-state index in [-0.39, 0.29) is 33.0 Å². The van der Waals surface area contributed by atoms with Gasteiger partial charge < -0.3 is 9.73 Å². The van der Waals surface area contributed by atoms with Crippen LogP contribution in [-0.2, 0) is 4.79 Å². The number of hydrogen-bond donors (Lipinski definition) is 2. The third-order valence-corrected chi connectivity index (χ3v) is 5.71. The predicted molar refractivity (Wildman–Crippen MR) is 134 cm³/mol. The van der Waals surface area contributed by atoms with Gasteiger partial charge in [-0.05, 0) is 42.3 Å². The molecule has 0 aliphatic rings. The zero-order valence-corrected chi connectivity index (χ0v) is 20.7. The van der Waals surface area contributed by atoms with Crippen molar-refractivity contribution >= 4 is 58.5 Å². The lowest BCUT2D eigenvalue weighted by molar-refractivity contribution is -0.384. The van der Waals surface area contributed by atoms with E-state index >= 15 is 0 Å². The summed E-state index contributed by atoms with van der Waals surface area (Å²) in [7, 11) is 0. The van der Waals surface area contributed by atoms with Crippen LogP contribution in [0.2, 0.25) is 15.1 Å². The van der Waals surface area contributed by atoms with Gasteiger partial charge in [-0.15, -0.1) is 0 Å². The van der Waals surface area contributed by atoms with Crippen molar-refractivity contribution in [2.24, 2.45) is 11.0 Å². The molecule has 0 spiro atoms. The highest BCUT2D eigenvalue weighted by Crippen LogP contribution is 2.32. The molecule has 0 saturated heterocycles. The summed E-state index contributed by atoms with van der Waals surface area (Å²) in [6.45, 7) is 3.53. The van der Waals surface area contributed by atoms with Gasteiger partial charge in [0.15, 0.2) is 0 Å². The van der Waals surface area contributed by atoms with Crippen LogP contribution in [0.25, 0.3) is 11.3 Å². The molecule has 9 nitrogen and oxygen atoms in total. The van der Waals surface area contributed by atoms with Gasteiger partial charge in [0.25, 0.3) is 17.5 Å². The van der Waals surface area contributed by atoms with Crippen molar-refractivity contribution in [2.75, 3.05) is 0 Å². The van der Waals surface area contributed by atoms with Crippen molar-refractivity contribution in [1.82, 2.24) is 10.7 Å². The van der Waals surface area contributed by atoms with E-state index in [4.69, 9.17) is 39.2 Å². The Hall–Kier alpha value is -3.40. The van der Waals surface area contributed by atoms with Crippen molar-refractivity contribution in [3.63, 3.8) is 0 Å². The highest BCUT2D eigenvalue weighted by Gasteiger charge is 2.25. The van der Waals surface area contributed by atoms with E-state index in [0.717, 1.165) is 0 Å². The van der Waals surface area contributed by atoms with Crippen LogP contribution in [0.3, 0.4) is 0 Å². The Morgan fingerprint density at radius 3 is 2.46 bits per heavy atom. The number of benzene rings is 2. The summed E-state index contributed by atoms with van der Waals surface area (Å²) in [5, 5.41) is 18.4. The molecular weight excluding hydrogens is 519 g/mol. The number of halogens is 3. The molecule has 3 aromatic rings. The molecule has 12 heteroatoms. The number of nitro benzene ring substituents is 1. The van der Waals surface area contributed by atoms with Gasteiger partial charge in [0.05, 0.1) is 26.7 Å². The number of nitro groups is 1. The van der Waals surface area contributed by atoms with Crippen molar-refractivity contribution in [3.05, 3.63) is 85.0 Å². The van der Waals surface area contributed by atoms with Crippen LogP contribution in [-0.4, -0.2) is 29.0 Å². The van der Waals surface area contributed by atoms with E-state index in [2.05, 4.69) is 15.8 Å². The first-order valence-electron chi connectivity index (χ1n) is 10.2. The summed E-state index contributed by atoms with van der Waals surface area (Å²) >= 11 is 18.1. The quantitative estimate of drug-likeness (QED) is 0.216. The molecule has 0 aliphatic heterocycles. The Bertz CT molecular complexity index is 1310. The molecule has 1 unspecified atom stereocenters. The Labute approximate surface area is 215 Å². The smallest absolute Gasteiger partial charge is 0.270 e. The summed E-state index contributed by atoms with van der Waals surface area (Å²) < 4.78 is 5.62. The maximum Gasteiger partial charge on any atom is 0.270 e. The minimum absolute atomic E-state index is 0.134. The standard InChI is InChI=1S/C23H19Cl3N4O5/c1-12(2)21(28-22(31)16-6-3-13(24)9-19(16)26)23(32)29-27-11-15-5-8-20(35-15)17-10-14(30(33)34)4-7-18(17)25/h3-12,21H,1-2H3,(H,28,31)(H,29,32)/b27-11+. The molecule has 0 fully saturated rings. The monoisotopic (exact) mass is 536 g/mol. The van der Waals surface area contributed by atoms with Gasteiger partial charge in [-0.2, -0.15) is 5.10 Å². The lowest BCUT2D eigenvalue weighted by Gasteiger charge is -2.20. The Morgan fingerprint density at radius 2 is 1.80 bits per heavy atom. The summed E-state index contributed by atoms with van der Waals surface area (Å²) in [6, 6.07) is 10.6. The minimum atomic E-state index is -0.901. The third kappa shape index (κ3) is 6.60. The molecule has 1 aromatic heterocycles. The Balaban J connectivity index is 1.68. The molecule has 3 rings (SSSR count). The highest BCUT2D eigenvalue weighted by molar-refractivity contribution is 6.36. The van der Waals surface area contributed by atoms with E-state index in [9.17, 15) is 19.7 Å². The second kappa shape index (κ2) is 11.4. The molecule has 182 valence electrons. The fourth-order valence-corrected chi connectivity index (χ4v) is 3.74. The molecule has 0 radical (unpaired) electrons. The van der Waals surface area contributed by atoms with Gasteiger partial charge in [-0.1, -0.05) is 48.7 Å². The summed E-state index contributed by atoms with van der Waals surface area (Å²) in [4.78, 5) is 35.7. The number of nitrogens with one attached hydrogen (secondary N) is 2. The van der Waals surface area contributed by atoms with Crippen molar-refractivity contribution in [2.45, 2.75) is 19.9 Å². The minimum Gasteiger partial charge on any atom is -0.455 e. The Morgan fingerprint density at radius 1 is 1.06 bits per heavy atom. The molecule has 2 amide bonds. The molecule has 35 heavy (non-hydrogen) atoms. The van der Waals surface area contributed by atoms with E-state index in [1.807, 2.05) is 0 Å². The van der Waals surface area contributed by atoms with E-state index in [0.29, 0.717) is 16.3 Å².